The Morgan fingerprint density at radius 1 is 1.23 bits per heavy atom. The average Bonchev–Trinajstić information content (AvgIpc) is 3.01. The summed E-state index contributed by atoms with van der Waals surface area (Å²) in [6.07, 6.45) is 8.69. The van der Waals surface area contributed by atoms with Crippen molar-refractivity contribution in [1.82, 2.24) is 19.3 Å². The van der Waals surface area contributed by atoms with Crippen molar-refractivity contribution in [1.29, 1.82) is 0 Å². The van der Waals surface area contributed by atoms with Crippen LogP contribution < -0.4 is 0 Å². The number of aryl methyl sites for hydroxylation is 1. The first-order valence-electron chi connectivity index (χ1n) is 10.0. The number of aliphatic imine (C=N–C) groups is 1. The molecule has 1 N–H and O–H groups in total. The molecule has 1 aromatic rings. The Bertz CT molecular complexity index is 944. The van der Waals surface area contributed by atoms with E-state index in [-0.39, 0.29) is 18.6 Å². The molecule has 1 unspecified atom stereocenters. The molecular weight excluding hydrogens is 442 g/mol. The highest BCUT2D eigenvalue weighted by atomic mass is 35.5. The van der Waals surface area contributed by atoms with E-state index >= 15 is 0 Å². The van der Waals surface area contributed by atoms with E-state index in [1.54, 1.807) is 18.5 Å². The molecule has 168 valence electrons. The second kappa shape index (κ2) is 10.9. The number of allylic oxidation sites excluding steroid dienone is 3. The second-order valence-corrected chi connectivity index (χ2v) is 9.76. The topological polar surface area (TPSA) is 106 Å². The number of rotatable bonds is 9. The van der Waals surface area contributed by atoms with E-state index in [0.29, 0.717) is 49.1 Å². The van der Waals surface area contributed by atoms with Crippen molar-refractivity contribution in [3.05, 3.63) is 53.1 Å². The Morgan fingerprint density at radius 3 is 2.68 bits per heavy atom. The lowest BCUT2D eigenvalue weighted by Gasteiger charge is -2.36. The molecule has 2 aliphatic heterocycles. The minimum atomic E-state index is -3.68. The number of piperazine rings is 1. The van der Waals surface area contributed by atoms with Crippen LogP contribution in [0, 0.1) is 0 Å². The number of carbonyl (C=O) groups excluding carboxylic acids is 1. The lowest BCUT2D eigenvalue weighted by atomic mass is 10.1. The standard InChI is InChI=1S/C20H26ClN5O4S/c21-17-4-3-6-20(23-14-17)24-10-12-25(13-11-24)31(29,30)15-19(26(28)16-27)8-7-18-5-1-2-9-22-18/h1-2,4-6,9,14,16,19,28H,3,7-8,10-13,15H2. The van der Waals surface area contributed by atoms with Crippen molar-refractivity contribution in [3.63, 3.8) is 0 Å². The van der Waals surface area contributed by atoms with Gasteiger partial charge in [-0.1, -0.05) is 23.7 Å². The molecular formula is C20H26ClN5O4S. The monoisotopic (exact) mass is 467 g/mol. The summed E-state index contributed by atoms with van der Waals surface area (Å²) in [4.78, 5) is 21.7. The first-order chi connectivity index (χ1) is 14.9. The summed E-state index contributed by atoms with van der Waals surface area (Å²) >= 11 is 5.98. The van der Waals surface area contributed by atoms with Crippen LogP contribution in [-0.4, -0.2) is 83.5 Å². The maximum atomic E-state index is 13.0. The molecule has 1 atom stereocenters. The van der Waals surface area contributed by atoms with Gasteiger partial charge in [0.1, 0.15) is 5.82 Å². The van der Waals surface area contributed by atoms with Crippen LogP contribution in [0.1, 0.15) is 18.5 Å². The molecule has 1 aromatic heterocycles. The van der Waals surface area contributed by atoms with Gasteiger partial charge in [0, 0.05) is 44.3 Å². The lowest BCUT2D eigenvalue weighted by molar-refractivity contribution is -0.158. The molecule has 0 saturated carbocycles. The zero-order valence-corrected chi connectivity index (χ0v) is 18.6. The number of carbonyl (C=O) groups is 1. The molecule has 2 aliphatic rings. The van der Waals surface area contributed by atoms with Gasteiger partial charge in [0.2, 0.25) is 16.4 Å². The Labute approximate surface area is 187 Å². The molecule has 31 heavy (non-hydrogen) atoms. The molecule has 1 amide bonds. The molecule has 0 bridgehead atoms. The number of hydrogen-bond acceptors (Lipinski definition) is 7. The summed E-state index contributed by atoms with van der Waals surface area (Å²) < 4.78 is 27.4. The molecule has 0 aromatic carbocycles. The fraction of sp³-hybridized carbons (Fsp3) is 0.450. The summed E-state index contributed by atoms with van der Waals surface area (Å²) in [7, 11) is -3.68. The van der Waals surface area contributed by atoms with Crippen LogP contribution in [0.5, 0.6) is 0 Å². The Balaban J connectivity index is 1.59. The molecule has 0 radical (unpaired) electrons. The van der Waals surface area contributed by atoms with Gasteiger partial charge in [0.25, 0.3) is 0 Å². The molecule has 1 fully saturated rings. The third kappa shape index (κ3) is 6.60. The van der Waals surface area contributed by atoms with Crippen molar-refractivity contribution in [2.24, 2.45) is 4.99 Å². The van der Waals surface area contributed by atoms with Gasteiger partial charge >= 0.3 is 0 Å². The third-order valence-electron chi connectivity index (χ3n) is 5.23. The van der Waals surface area contributed by atoms with Gasteiger partial charge in [0.05, 0.1) is 16.8 Å². The van der Waals surface area contributed by atoms with E-state index < -0.39 is 16.1 Å². The average molecular weight is 468 g/mol. The smallest absolute Gasteiger partial charge is 0.233 e. The van der Waals surface area contributed by atoms with Crippen LogP contribution in [0.3, 0.4) is 0 Å². The maximum Gasteiger partial charge on any atom is 0.233 e. The molecule has 3 rings (SSSR count). The van der Waals surface area contributed by atoms with Crippen LogP contribution >= 0.6 is 11.6 Å². The zero-order valence-electron chi connectivity index (χ0n) is 17.0. The number of halogens is 1. The first kappa shape index (κ1) is 23.4. The van der Waals surface area contributed by atoms with Crippen LogP contribution in [-0.2, 0) is 21.2 Å². The Hall–Kier alpha value is -2.27. The Kier molecular flexibility index (Phi) is 8.19. The molecule has 1 saturated heterocycles. The number of pyridine rings is 1. The van der Waals surface area contributed by atoms with E-state index in [9.17, 15) is 18.4 Å². The second-order valence-electron chi connectivity index (χ2n) is 7.31. The number of hydrogen-bond donors (Lipinski definition) is 1. The van der Waals surface area contributed by atoms with Crippen molar-refractivity contribution >= 4 is 34.2 Å². The van der Waals surface area contributed by atoms with Crippen LogP contribution in [0.25, 0.3) is 0 Å². The number of sulfonamides is 1. The third-order valence-corrected chi connectivity index (χ3v) is 7.44. The van der Waals surface area contributed by atoms with E-state index in [2.05, 4.69) is 9.98 Å². The van der Waals surface area contributed by atoms with Gasteiger partial charge in [-0.3, -0.25) is 15.0 Å². The van der Waals surface area contributed by atoms with Gasteiger partial charge in [0.15, 0.2) is 0 Å². The van der Waals surface area contributed by atoms with E-state index in [1.165, 1.54) is 4.31 Å². The predicted molar refractivity (Wildman–Crippen MR) is 118 cm³/mol. The normalized spacial score (nSPS) is 18.7. The number of hydroxylamine groups is 2. The zero-order chi connectivity index (χ0) is 22.3. The van der Waals surface area contributed by atoms with Gasteiger partial charge in [-0.05, 0) is 37.5 Å². The van der Waals surface area contributed by atoms with Crippen molar-refractivity contribution in [2.45, 2.75) is 25.3 Å². The van der Waals surface area contributed by atoms with Crippen LogP contribution in [0.2, 0.25) is 0 Å². The summed E-state index contributed by atoms with van der Waals surface area (Å²) in [5.74, 6) is 0.426. The summed E-state index contributed by atoms with van der Waals surface area (Å²) in [5.41, 5.74) is 0.768. The maximum absolute atomic E-state index is 13.0. The van der Waals surface area contributed by atoms with Gasteiger partial charge in [-0.25, -0.2) is 18.5 Å². The quantitative estimate of drug-likeness (QED) is 0.336. The van der Waals surface area contributed by atoms with Gasteiger partial charge in [-0.15, -0.1) is 0 Å². The van der Waals surface area contributed by atoms with Crippen molar-refractivity contribution in [2.75, 3.05) is 31.9 Å². The summed E-state index contributed by atoms with van der Waals surface area (Å²) in [6, 6.07) is 4.59. The van der Waals surface area contributed by atoms with E-state index in [1.807, 2.05) is 29.2 Å². The highest BCUT2D eigenvalue weighted by Gasteiger charge is 2.32. The number of nitrogens with zero attached hydrogens (tertiary/aromatic N) is 5. The van der Waals surface area contributed by atoms with Crippen molar-refractivity contribution < 1.29 is 18.4 Å². The molecule has 9 nitrogen and oxygen atoms in total. The van der Waals surface area contributed by atoms with E-state index in [0.717, 1.165) is 11.5 Å². The SMILES string of the molecule is O=CN(O)C(CCc1ccccn1)CS(=O)(=O)N1CCN(C2=CCC=C(Cl)C=N2)CC1. The molecule has 11 heteroatoms. The fourth-order valence-corrected chi connectivity index (χ4v) is 5.38. The van der Waals surface area contributed by atoms with Crippen molar-refractivity contribution in [3.8, 4) is 0 Å². The molecule has 3 heterocycles. The van der Waals surface area contributed by atoms with E-state index in [4.69, 9.17) is 11.6 Å². The largest absolute Gasteiger partial charge is 0.354 e. The Morgan fingerprint density at radius 2 is 2.00 bits per heavy atom. The van der Waals surface area contributed by atoms with Crippen LogP contribution in [0.4, 0.5) is 0 Å². The lowest BCUT2D eigenvalue weighted by Crippen LogP contribution is -2.51. The minimum Gasteiger partial charge on any atom is -0.354 e. The minimum absolute atomic E-state index is 0.242. The van der Waals surface area contributed by atoms with Crippen LogP contribution in [0.15, 0.2) is 52.4 Å². The van der Waals surface area contributed by atoms with Gasteiger partial charge in [-0.2, -0.15) is 4.31 Å². The summed E-state index contributed by atoms with van der Waals surface area (Å²) in [5, 5.41) is 11.0. The highest BCUT2D eigenvalue weighted by molar-refractivity contribution is 7.89. The number of aromatic nitrogens is 1. The highest BCUT2D eigenvalue weighted by Crippen LogP contribution is 2.19. The van der Waals surface area contributed by atoms with Gasteiger partial charge < -0.3 is 4.90 Å². The predicted octanol–water partition coefficient (Wildman–Crippen LogP) is 1.62. The number of amides is 1. The molecule has 0 spiro atoms. The fourth-order valence-electron chi connectivity index (χ4n) is 3.50. The molecule has 0 aliphatic carbocycles. The summed E-state index contributed by atoms with van der Waals surface area (Å²) in [6.45, 7) is 1.59. The first-order valence-corrected chi connectivity index (χ1v) is 12.0.